The molecule has 1 aromatic rings. The number of sulfonamides is 1. The van der Waals surface area contributed by atoms with Gasteiger partial charge < -0.3 is 0 Å². The molecular weight excluding hydrogens is 303 g/mol. The molecular formula is C11H13ClF3NO2S. The summed E-state index contributed by atoms with van der Waals surface area (Å²) in [5.41, 5.74) is -0.987. The molecule has 8 heteroatoms. The van der Waals surface area contributed by atoms with Crippen molar-refractivity contribution in [3.8, 4) is 0 Å². The van der Waals surface area contributed by atoms with Gasteiger partial charge in [0.25, 0.3) is 0 Å². The Bertz CT molecular complexity index is 531. The van der Waals surface area contributed by atoms with Gasteiger partial charge in [-0.15, -0.1) is 11.6 Å². The van der Waals surface area contributed by atoms with E-state index < -0.39 is 21.8 Å². The van der Waals surface area contributed by atoms with Crippen molar-refractivity contribution < 1.29 is 21.6 Å². The lowest BCUT2D eigenvalue weighted by Crippen LogP contribution is -2.28. The van der Waals surface area contributed by atoms with Gasteiger partial charge in [-0.25, -0.2) is 12.7 Å². The monoisotopic (exact) mass is 315 g/mol. The van der Waals surface area contributed by atoms with Crippen molar-refractivity contribution in [1.29, 1.82) is 0 Å². The highest BCUT2D eigenvalue weighted by atomic mass is 35.5. The summed E-state index contributed by atoms with van der Waals surface area (Å²) in [4.78, 5) is -0.376. The Morgan fingerprint density at radius 3 is 2.47 bits per heavy atom. The fourth-order valence-electron chi connectivity index (χ4n) is 1.42. The predicted molar refractivity (Wildman–Crippen MR) is 66.6 cm³/mol. The van der Waals surface area contributed by atoms with Gasteiger partial charge in [0.15, 0.2) is 0 Å². The lowest BCUT2D eigenvalue weighted by molar-refractivity contribution is -0.137. The number of nitrogens with zero attached hydrogens (tertiary/aromatic N) is 1. The molecule has 0 N–H and O–H groups in total. The smallest absolute Gasteiger partial charge is 0.207 e. The number of halogens is 4. The summed E-state index contributed by atoms with van der Waals surface area (Å²) in [5.74, 6) is 0.280. The van der Waals surface area contributed by atoms with Gasteiger partial charge in [-0.2, -0.15) is 13.2 Å². The van der Waals surface area contributed by atoms with Crippen molar-refractivity contribution >= 4 is 21.6 Å². The Hall–Kier alpha value is -0.790. The Balaban J connectivity index is 3.09. The molecule has 0 heterocycles. The molecule has 0 radical (unpaired) electrons. The van der Waals surface area contributed by atoms with Crippen molar-refractivity contribution in [1.82, 2.24) is 4.31 Å². The van der Waals surface area contributed by atoms with E-state index in [4.69, 9.17) is 11.6 Å². The molecule has 1 aromatic carbocycles. The van der Waals surface area contributed by atoms with Crippen LogP contribution in [0.1, 0.15) is 12.0 Å². The van der Waals surface area contributed by atoms with Gasteiger partial charge in [-0.1, -0.05) is 6.07 Å². The van der Waals surface area contributed by atoms with Crippen LogP contribution in [0.25, 0.3) is 0 Å². The summed E-state index contributed by atoms with van der Waals surface area (Å²) < 4.78 is 62.7. The fraction of sp³-hybridized carbons (Fsp3) is 0.455. The number of rotatable bonds is 5. The molecule has 0 saturated carbocycles. The molecule has 108 valence electrons. The Labute approximate surface area is 115 Å². The quantitative estimate of drug-likeness (QED) is 0.783. The molecule has 0 aliphatic carbocycles. The molecule has 0 aliphatic rings. The lowest BCUT2D eigenvalue weighted by atomic mass is 10.2. The minimum Gasteiger partial charge on any atom is -0.207 e. The van der Waals surface area contributed by atoms with E-state index in [1.807, 2.05) is 0 Å². The normalized spacial score (nSPS) is 12.9. The zero-order chi connectivity index (χ0) is 14.7. The second-order valence-electron chi connectivity index (χ2n) is 3.89. The van der Waals surface area contributed by atoms with Crippen LogP contribution in [0.4, 0.5) is 13.2 Å². The van der Waals surface area contributed by atoms with Gasteiger partial charge in [0.05, 0.1) is 10.5 Å². The minimum absolute atomic E-state index is 0.155. The van der Waals surface area contributed by atoms with Gasteiger partial charge in [0.2, 0.25) is 10.0 Å². The summed E-state index contributed by atoms with van der Waals surface area (Å²) in [6.45, 7) is 0.155. The van der Waals surface area contributed by atoms with Crippen molar-refractivity contribution in [3.05, 3.63) is 29.8 Å². The van der Waals surface area contributed by atoms with Crippen LogP contribution in [0.5, 0.6) is 0 Å². The predicted octanol–water partition coefficient (Wildman–Crippen LogP) is 2.95. The van der Waals surface area contributed by atoms with Crippen LogP contribution in [-0.4, -0.2) is 32.2 Å². The molecule has 0 bridgehead atoms. The van der Waals surface area contributed by atoms with Gasteiger partial charge >= 0.3 is 6.18 Å². The summed E-state index contributed by atoms with van der Waals surface area (Å²) in [5, 5.41) is 0. The van der Waals surface area contributed by atoms with Crippen LogP contribution in [0.2, 0.25) is 0 Å². The van der Waals surface area contributed by atoms with E-state index in [0.29, 0.717) is 12.5 Å². The molecule has 0 unspecified atom stereocenters. The molecule has 19 heavy (non-hydrogen) atoms. The molecule has 0 spiro atoms. The van der Waals surface area contributed by atoms with Gasteiger partial charge in [-0.05, 0) is 24.6 Å². The van der Waals surface area contributed by atoms with Crippen molar-refractivity contribution in [2.24, 2.45) is 0 Å². The number of alkyl halides is 4. The molecule has 3 nitrogen and oxygen atoms in total. The van der Waals surface area contributed by atoms with E-state index in [0.717, 1.165) is 22.5 Å². The summed E-state index contributed by atoms with van der Waals surface area (Å²) >= 11 is 5.46. The first-order valence-electron chi connectivity index (χ1n) is 5.39. The molecule has 0 saturated heterocycles. The minimum atomic E-state index is -4.57. The largest absolute Gasteiger partial charge is 0.416 e. The Morgan fingerprint density at radius 1 is 1.32 bits per heavy atom. The maximum atomic E-state index is 12.5. The van der Waals surface area contributed by atoms with E-state index in [1.54, 1.807) is 0 Å². The number of hydrogen-bond acceptors (Lipinski definition) is 2. The molecule has 0 aliphatic heterocycles. The van der Waals surface area contributed by atoms with Crippen LogP contribution >= 0.6 is 11.6 Å². The molecule has 0 amide bonds. The lowest BCUT2D eigenvalue weighted by Gasteiger charge is -2.17. The maximum absolute atomic E-state index is 12.5. The average Bonchev–Trinajstić information content (AvgIpc) is 2.35. The molecule has 1 rings (SSSR count). The van der Waals surface area contributed by atoms with Crippen LogP contribution in [0, 0.1) is 0 Å². The Morgan fingerprint density at radius 2 is 1.95 bits per heavy atom. The second kappa shape index (κ2) is 6.11. The average molecular weight is 316 g/mol. The zero-order valence-electron chi connectivity index (χ0n) is 10.1. The third kappa shape index (κ3) is 4.09. The third-order valence-corrected chi connectivity index (χ3v) is 4.60. The van der Waals surface area contributed by atoms with Crippen LogP contribution < -0.4 is 0 Å². The van der Waals surface area contributed by atoms with Crippen LogP contribution in [0.15, 0.2) is 29.2 Å². The van der Waals surface area contributed by atoms with E-state index in [2.05, 4.69) is 0 Å². The van der Waals surface area contributed by atoms with E-state index >= 15 is 0 Å². The number of hydrogen-bond donors (Lipinski definition) is 0. The van der Waals surface area contributed by atoms with Gasteiger partial charge in [0, 0.05) is 19.5 Å². The fourth-order valence-corrected chi connectivity index (χ4v) is 2.79. The van der Waals surface area contributed by atoms with Crippen molar-refractivity contribution in [2.75, 3.05) is 19.5 Å². The summed E-state index contributed by atoms with van der Waals surface area (Å²) in [7, 11) is -2.61. The van der Waals surface area contributed by atoms with Gasteiger partial charge in [-0.3, -0.25) is 0 Å². The first-order chi connectivity index (χ1) is 8.69. The molecule has 0 atom stereocenters. The standard InChI is InChI=1S/C11H13ClF3NO2S/c1-16(7-3-6-12)19(17,18)10-5-2-4-9(8-10)11(13,14)15/h2,4-5,8H,3,6-7H2,1H3. The first kappa shape index (κ1) is 16.3. The maximum Gasteiger partial charge on any atom is 0.416 e. The van der Waals surface area contributed by atoms with Crippen LogP contribution in [0.3, 0.4) is 0 Å². The second-order valence-corrected chi connectivity index (χ2v) is 6.32. The third-order valence-electron chi connectivity index (χ3n) is 2.48. The Kier molecular flexibility index (Phi) is 5.23. The van der Waals surface area contributed by atoms with E-state index in [-0.39, 0.29) is 17.3 Å². The van der Waals surface area contributed by atoms with E-state index in [9.17, 15) is 21.6 Å². The topological polar surface area (TPSA) is 37.4 Å². The van der Waals surface area contributed by atoms with Crippen molar-refractivity contribution in [3.63, 3.8) is 0 Å². The number of benzene rings is 1. The zero-order valence-corrected chi connectivity index (χ0v) is 11.7. The highest BCUT2D eigenvalue weighted by molar-refractivity contribution is 7.89. The first-order valence-corrected chi connectivity index (χ1v) is 7.36. The highest BCUT2D eigenvalue weighted by Gasteiger charge is 2.32. The SMILES string of the molecule is CN(CCCCl)S(=O)(=O)c1cccc(C(F)(F)F)c1. The summed E-state index contributed by atoms with van der Waals surface area (Å²) in [6.07, 6.45) is -4.14. The molecule has 0 fully saturated rings. The van der Waals surface area contributed by atoms with Crippen LogP contribution in [-0.2, 0) is 16.2 Å². The van der Waals surface area contributed by atoms with E-state index in [1.165, 1.54) is 7.05 Å². The highest BCUT2D eigenvalue weighted by Crippen LogP contribution is 2.30. The van der Waals surface area contributed by atoms with Crippen molar-refractivity contribution in [2.45, 2.75) is 17.5 Å². The van der Waals surface area contributed by atoms with Gasteiger partial charge in [0.1, 0.15) is 0 Å². The molecule has 0 aromatic heterocycles. The summed E-state index contributed by atoms with van der Waals surface area (Å²) in [6, 6.07) is 3.68.